The van der Waals surface area contributed by atoms with Crippen LogP contribution in [-0.2, 0) is 9.47 Å². The quantitative estimate of drug-likeness (QED) is 0.144. The highest BCUT2D eigenvalue weighted by Gasteiger charge is 2.29. The number of hydrogen-bond acceptors (Lipinski definition) is 12. The van der Waals surface area contributed by atoms with Crippen LogP contribution in [0, 0.1) is 11.6 Å². The fraction of sp³-hybridized carbons (Fsp3) is 0.375. The maximum absolute atomic E-state index is 14.3. The van der Waals surface area contributed by atoms with Crippen molar-refractivity contribution in [1.29, 1.82) is 0 Å². The number of halogens is 8. The molecule has 0 radical (unpaired) electrons. The minimum absolute atomic E-state index is 0.00703. The SMILES string of the molecule is Fc1cc(Nc2ncc(OCC(F)(F)F)cn2)ccc1[C@@H]1CNCCO1.Fc1cc(Nc2nccc(OCC(F)(F)F)n2)ccc1[C@@H]1CNCCO1. The van der Waals surface area contributed by atoms with Crippen LogP contribution in [0.15, 0.2) is 61.1 Å². The van der Waals surface area contributed by atoms with Crippen LogP contribution in [0.5, 0.6) is 11.6 Å². The van der Waals surface area contributed by atoms with Crippen molar-refractivity contribution in [2.75, 3.05) is 63.2 Å². The first-order valence-corrected chi connectivity index (χ1v) is 15.6. The van der Waals surface area contributed by atoms with Crippen molar-refractivity contribution in [2.45, 2.75) is 24.6 Å². The van der Waals surface area contributed by atoms with Gasteiger partial charge in [0.1, 0.15) is 11.6 Å². The largest absolute Gasteiger partial charge is 0.481 e. The van der Waals surface area contributed by atoms with Crippen molar-refractivity contribution in [3.8, 4) is 11.6 Å². The standard InChI is InChI=1S/2C16H16F4N4O2/c17-13-5-10(1-2-12(13)14-8-21-3-4-25-14)24-15-22-6-11(7-23-15)26-9-16(18,19)20;17-12-7-10(1-2-11(12)13-8-21-5-6-25-13)23-15-22-4-3-14(24-15)26-9-16(18,19)20/h1-2,5-7,14,21H,3-4,8-9H2,(H,22,23,24);1-4,7,13,21H,5-6,8-9H2,(H,22,23,24)/t14-;13-/m00/s1. The smallest absolute Gasteiger partial charge is 0.422 e. The van der Waals surface area contributed by atoms with E-state index in [0.29, 0.717) is 48.8 Å². The molecule has 0 unspecified atom stereocenters. The van der Waals surface area contributed by atoms with Gasteiger partial charge in [-0.3, -0.25) is 0 Å². The summed E-state index contributed by atoms with van der Waals surface area (Å²) in [6, 6.07) is 10.2. The van der Waals surface area contributed by atoms with E-state index in [9.17, 15) is 35.1 Å². The molecule has 2 atom stereocenters. The third-order valence-corrected chi connectivity index (χ3v) is 7.11. The molecular weight excluding hydrogens is 712 g/mol. The lowest BCUT2D eigenvalue weighted by molar-refractivity contribution is -0.154. The van der Waals surface area contributed by atoms with Crippen LogP contribution in [0.1, 0.15) is 23.3 Å². The summed E-state index contributed by atoms with van der Waals surface area (Å²) in [5.74, 6) is -1.16. The lowest BCUT2D eigenvalue weighted by Gasteiger charge is -2.24. The van der Waals surface area contributed by atoms with Crippen LogP contribution in [0.4, 0.5) is 58.4 Å². The van der Waals surface area contributed by atoms with E-state index in [1.807, 2.05) is 0 Å². The summed E-state index contributed by atoms with van der Waals surface area (Å²) >= 11 is 0. The van der Waals surface area contributed by atoms with Crippen LogP contribution in [0.3, 0.4) is 0 Å². The Bertz CT molecular complexity index is 1740. The third-order valence-electron chi connectivity index (χ3n) is 7.11. The Morgan fingerprint density at radius 2 is 1.21 bits per heavy atom. The van der Waals surface area contributed by atoms with E-state index in [0.717, 1.165) is 25.5 Å². The minimum atomic E-state index is -4.46. The van der Waals surface area contributed by atoms with E-state index in [2.05, 4.69) is 50.7 Å². The maximum atomic E-state index is 14.3. The zero-order valence-electron chi connectivity index (χ0n) is 27.0. The topological polar surface area (TPSA) is 137 Å². The number of benzene rings is 2. The van der Waals surface area contributed by atoms with Crippen LogP contribution >= 0.6 is 0 Å². The van der Waals surface area contributed by atoms with Crippen LogP contribution in [0.2, 0.25) is 0 Å². The predicted octanol–water partition coefficient (Wildman–Crippen LogP) is 5.92. The second kappa shape index (κ2) is 17.5. The average molecular weight is 745 g/mol. The Kier molecular flexibility index (Phi) is 12.9. The Balaban J connectivity index is 0.000000201. The number of nitrogens with one attached hydrogen (secondary N) is 4. The van der Waals surface area contributed by atoms with Crippen LogP contribution < -0.4 is 30.7 Å². The predicted molar refractivity (Wildman–Crippen MR) is 170 cm³/mol. The molecular formula is C32H32F8N8O4. The Morgan fingerprint density at radius 1 is 0.692 bits per heavy atom. The molecule has 4 aromatic rings. The van der Waals surface area contributed by atoms with E-state index >= 15 is 0 Å². The molecule has 0 aliphatic carbocycles. The monoisotopic (exact) mass is 744 g/mol. The van der Waals surface area contributed by atoms with E-state index in [4.69, 9.17) is 9.47 Å². The number of nitrogens with zero attached hydrogens (tertiary/aromatic N) is 4. The molecule has 20 heteroatoms. The number of aromatic nitrogens is 4. The van der Waals surface area contributed by atoms with Crippen molar-refractivity contribution in [2.24, 2.45) is 0 Å². The van der Waals surface area contributed by atoms with E-state index < -0.39 is 37.2 Å². The normalized spacial score (nSPS) is 17.8. The summed E-state index contributed by atoms with van der Waals surface area (Å²) < 4.78 is 122. The fourth-order valence-electron chi connectivity index (χ4n) is 4.78. The average Bonchev–Trinajstić information content (AvgIpc) is 3.11. The van der Waals surface area contributed by atoms with Crippen molar-refractivity contribution in [1.82, 2.24) is 30.6 Å². The molecule has 4 heterocycles. The van der Waals surface area contributed by atoms with Gasteiger partial charge in [-0.15, -0.1) is 0 Å². The van der Waals surface area contributed by atoms with Gasteiger partial charge in [-0.2, -0.15) is 31.3 Å². The summed E-state index contributed by atoms with van der Waals surface area (Å²) in [5.41, 5.74) is 1.62. The Hall–Kier alpha value is -4.92. The second-order valence-electron chi connectivity index (χ2n) is 11.1. The van der Waals surface area contributed by atoms with Crippen molar-refractivity contribution in [3.05, 3.63) is 83.8 Å². The summed E-state index contributed by atoms with van der Waals surface area (Å²) in [6.45, 7) is 0.649. The number of ether oxygens (including phenoxy) is 4. The van der Waals surface area contributed by atoms with Crippen LogP contribution in [0.25, 0.3) is 0 Å². The van der Waals surface area contributed by atoms with Gasteiger partial charge in [0.25, 0.3) is 0 Å². The van der Waals surface area contributed by atoms with E-state index in [-0.39, 0.29) is 35.7 Å². The van der Waals surface area contributed by atoms with Gasteiger partial charge in [0.2, 0.25) is 17.8 Å². The van der Waals surface area contributed by atoms with E-state index in [1.54, 1.807) is 24.3 Å². The summed E-state index contributed by atoms with van der Waals surface area (Å²) in [6.07, 6.45) is -6.16. The molecule has 2 fully saturated rings. The lowest BCUT2D eigenvalue weighted by Crippen LogP contribution is -2.33. The van der Waals surface area contributed by atoms with Gasteiger partial charge in [-0.25, -0.2) is 23.7 Å². The van der Waals surface area contributed by atoms with Gasteiger partial charge >= 0.3 is 12.4 Å². The molecule has 0 amide bonds. The molecule has 0 saturated carbocycles. The number of hydrogen-bond donors (Lipinski definition) is 4. The molecule has 12 nitrogen and oxygen atoms in total. The molecule has 2 aromatic carbocycles. The Morgan fingerprint density at radius 3 is 1.69 bits per heavy atom. The number of alkyl halides is 6. The molecule has 2 aliphatic heterocycles. The maximum Gasteiger partial charge on any atom is 0.422 e. The first-order chi connectivity index (χ1) is 24.8. The first-order valence-electron chi connectivity index (χ1n) is 15.6. The van der Waals surface area contributed by atoms with Gasteiger partial charge in [0.15, 0.2) is 19.0 Å². The molecule has 4 N–H and O–H groups in total. The molecule has 2 aromatic heterocycles. The molecule has 2 saturated heterocycles. The third kappa shape index (κ3) is 12.1. The number of anilines is 4. The molecule has 0 bridgehead atoms. The van der Waals surface area contributed by atoms with Crippen molar-refractivity contribution in [3.63, 3.8) is 0 Å². The van der Waals surface area contributed by atoms with E-state index in [1.165, 1.54) is 24.4 Å². The molecule has 52 heavy (non-hydrogen) atoms. The van der Waals surface area contributed by atoms with Gasteiger partial charge in [0.05, 0.1) is 37.8 Å². The minimum Gasteiger partial charge on any atom is -0.481 e. The van der Waals surface area contributed by atoms with Gasteiger partial charge in [-0.05, 0) is 24.3 Å². The summed E-state index contributed by atoms with van der Waals surface area (Å²) in [4.78, 5) is 15.4. The van der Waals surface area contributed by atoms with Gasteiger partial charge < -0.3 is 40.2 Å². The van der Waals surface area contributed by atoms with Gasteiger partial charge in [0, 0.05) is 60.9 Å². The molecule has 0 spiro atoms. The highest BCUT2D eigenvalue weighted by molar-refractivity contribution is 5.55. The summed E-state index contributed by atoms with van der Waals surface area (Å²) in [5, 5.41) is 11.8. The summed E-state index contributed by atoms with van der Waals surface area (Å²) in [7, 11) is 0. The second-order valence-corrected chi connectivity index (χ2v) is 11.1. The molecule has 2 aliphatic rings. The number of morpholine rings is 2. The van der Waals surface area contributed by atoms with Crippen molar-refractivity contribution >= 4 is 23.3 Å². The lowest BCUT2D eigenvalue weighted by atomic mass is 10.1. The molecule has 280 valence electrons. The van der Waals surface area contributed by atoms with Crippen LogP contribution in [-0.4, -0.2) is 84.9 Å². The zero-order valence-corrected chi connectivity index (χ0v) is 27.0. The van der Waals surface area contributed by atoms with Gasteiger partial charge in [-0.1, -0.05) is 12.1 Å². The fourth-order valence-corrected chi connectivity index (χ4v) is 4.78. The number of rotatable bonds is 10. The zero-order chi connectivity index (χ0) is 37.1. The molecule has 6 rings (SSSR count). The first kappa shape index (κ1) is 38.3. The highest BCUT2D eigenvalue weighted by atomic mass is 19.4. The Labute approximate surface area is 291 Å². The highest BCUT2D eigenvalue weighted by Crippen LogP contribution is 2.27. The van der Waals surface area contributed by atoms with Crippen molar-refractivity contribution < 1.29 is 54.1 Å².